The number of rotatable bonds is 8. The number of anilines is 1. The zero-order valence-electron chi connectivity index (χ0n) is 18.6. The Labute approximate surface area is 184 Å². The Balaban J connectivity index is 1.62. The minimum absolute atomic E-state index is 0.0697. The van der Waals surface area contributed by atoms with E-state index in [1.165, 1.54) is 23.3 Å². The molecule has 0 fully saturated rings. The summed E-state index contributed by atoms with van der Waals surface area (Å²) in [6, 6.07) is 14.9. The maximum Gasteiger partial charge on any atom is 0.274 e. The normalized spacial score (nSPS) is 16.6. The summed E-state index contributed by atoms with van der Waals surface area (Å²) in [6.07, 6.45) is 6.77. The predicted octanol–water partition coefficient (Wildman–Crippen LogP) is 5.52. The molecule has 2 aromatic carbocycles. The quantitative estimate of drug-likeness (QED) is 0.551. The van der Waals surface area contributed by atoms with Crippen molar-refractivity contribution in [3.05, 3.63) is 89.0 Å². The molecule has 164 valence electrons. The van der Waals surface area contributed by atoms with E-state index >= 15 is 0 Å². The number of carbonyl (C=O) groups is 1. The monoisotopic (exact) mass is 421 g/mol. The van der Waals surface area contributed by atoms with E-state index in [1.54, 1.807) is 18.2 Å². The predicted molar refractivity (Wildman–Crippen MR) is 125 cm³/mol. The second kappa shape index (κ2) is 10.9. The average Bonchev–Trinajstić information content (AvgIpc) is 2.79. The number of allylic oxidation sites excluding steroid dienone is 2. The van der Waals surface area contributed by atoms with E-state index in [0.717, 1.165) is 31.5 Å². The molecule has 1 aliphatic rings. The third kappa shape index (κ3) is 6.28. The summed E-state index contributed by atoms with van der Waals surface area (Å²) >= 11 is 0. The summed E-state index contributed by atoms with van der Waals surface area (Å²) in [6.45, 7) is 7.34. The fourth-order valence-corrected chi connectivity index (χ4v) is 3.81. The minimum Gasteiger partial charge on any atom is -0.351 e. The van der Waals surface area contributed by atoms with E-state index in [4.69, 9.17) is 0 Å². The van der Waals surface area contributed by atoms with Crippen LogP contribution in [0.15, 0.2) is 72.1 Å². The zero-order chi connectivity index (χ0) is 22.2. The molecule has 1 amide bonds. The Bertz CT molecular complexity index is 932. The number of hydrogen-bond acceptors (Lipinski definition) is 3. The van der Waals surface area contributed by atoms with Crippen LogP contribution in [0.5, 0.6) is 0 Å². The van der Waals surface area contributed by atoms with Gasteiger partial charge in [0.05, 0.1) is 0 Å². The van der Waals surface area contributed by atoms with Gasteiger partial charge in [0.1, 0.15) is 11.5 Å². The third-order valence-corrected chi connectivity index (χ3v) is 5.62. The first-order valence-electron chi connectivity index (χ1n) is 11.0. The van der Waals surface area contributed by atoms with Crippen LogP contribution in [0, 0.1) is 12.7 Å². The number of nitrogens with one attached hydrogen (secondary N) is 2. The summed E-state index contributed by atoms with van der Waals surface area (Å²) in [4.78, 5) is 15.1. The summed E-state index contributed by atoms with van der Waals surface area (Å²) in [7, 11) is 0. The van der Waals surface area contributed by atoms with E-state index in [0.29, 0.717) is 24.0 Å². The number of halogens is 1. The van der Waals surface area contributed by atoms with Crippen LogP contribution in [-0.2, 0) is 11.3 Å². The number of likely N-dealkylation sites (N-methyl/N-ethyl adjacent to an activating group) is 1. The molecule has 0 bridgehead atoms. The standard InChI is InChI=1S/C26H32FN3O/c1-4-25(29-22-15-13-21(27)14-16-22)26(31)30(5-2)24-8-6-7-23(17-24)28-18-20-11-9-19(3)10-12-20/h4,8-16,23,28-29H,5-7,17-18H2,1-3H3/b25-4-. The van der Waals surface area contributed by atoms with Gasteiger partial charge < -0.3 is 15.5 Å². The van der Waals surface area contributed by atoms with Crippen molar-refractivity contribution in [3.8, 4) is 0 Å². The van der Waals surface area contributed by atoms with Crippen LogP contribution in [0.3, 0.4) is 0 Å². The van der Waals surface area contributed by atoms with Gasteiger partial charge in [-0.25, -0.2) is 4.39 Å². The number of carbonyl (C=O) groups excluding carboxylic acids is 1. The summed E-state index contributed by atoms with van der Waals surface area (Å²) < 4.78 is 13.2. The van der Waals surface area contributed by atoms with Gasteiger partial charge in [0.15, 0.2) is 0 Å². The van der Waals surface area contributed by atoms with Crippen molar-refractivity contribution in [2.45, 2.75) is 52.6 Å². The first kappa shape index (κ1) is 22.8. The van der Waals surface area contributed by atoms with E-state index in [-0.39, 0.29) is 11.7 Å². The van der Waals surface area contributed by atoms with Crippen LogP contribution in [-0.4, -0.2) is 23.4 Å². The van der Waals surface area contributed by atoms with Gasteiger partial charge in [-0.05, 0) is 63.4 Å². The smallest absolute Gasteiger partial charge is 0.274 e. The highest BCUT2D eigenvalue weighted by Gasteiger charge is 2.24. The van der Waals surface area contributed by atoms with Crippen molar-refractivity contribution in [1.29, 1.82) is 0 Å². The number of aryl methyl sites for hydroxylation is 1. The molecule has 0 aromatic heterocycles. The fraction of sp³-hybridized carbons (Fsp3) is 0.346. The van der Waals surface area contributed by atoms with Crippen LogP contribution in [0.2, 0.25) is 0 Å². The lowest BCUT2D eigenvalue weighted by molar-refractivity contribution is -0.125. The molecule has 1 aliphatic carbocycles. The van der Waals surface area contributed by atoms with Crippen molar-refractivity contribution >= 4 is 11.6 Å². The lowest BCUT2D eigenvalue weighted by Gasteiger charge is -2.31. The van der Waals surface area contributed by atoms with Crippen LogP contribution < -0.4 is 10.6 Å². The van der Waals surface area contributed by atoms with Gasteiger partial charge in [0.2, 0.25) is 0 Å². The first-order chi connectivity index (χ1) is 15.0. The Kier molecular flexibility index (Phi) is 8.01. The Hall–Kier alpha value is -2.92. The van der Waals surface area contributed by atoms with Crippen molar-refractivity contribution in [2.75, 3.05) is 11.9 Å². The zero-order valence-corrected chi connectivity index (χ0v) is 18.6. The molecule has 0 saturated heterocycles. The molecule has 0 aliphatic heterocycles. The Morgan fingerprint density at radius 2 is 1.87 bits per heavy atom. The lowest BCUT2D eigenvalue weighted by atomic mass is 9.97. The molecule has 4 nitrogen and oxygen atoms in total. The van der Waals surface area contributed by atoms with Gasteiger partial charge >= 0.3 is 0 Å². The molecule has 2 aromatic rings. The Morgan fingerprint density at radius 1 is 1.16 bits per heavy atom. The van der Waals surface area contributed by atoms with Crippen molar-refractivity contribution in [1.82, 2.24) is 10.2 Å². The lowest BCUT2D eigenvalue weighted by Crippen LogP contribution is -2.39. The summed E-state index contributed by atoms with van der Waals surface area (Å²) in [5.74, 6) is -0.370. The number of hydrogen-bond donors (Lipinski definition) is 2. The molecular weight excluding hydrogens is 389 g/mol. The molecular formula is C26H32FN3O. The fourth-order valence-electron chi connectivity index (χ4n) is 3.81. The van der Waals surface area contributed by atoms with Gasteiger partial charge in [0, 0.05) is 36.9 Å². The molecule has 1 atom stereocenters. The highest BCUT2D eigenvalue weighted by Crippen LogP contribution is 2.24. The van der Waals surface area contributed by atoms with E-state index in [1.807, 2.05) is 18.7 Å². The van der Waals surface area contributed by atoms with Crippen molar-refractivity contribution < 1.29 is 9.18 Å². The molecule has 0 spiro atoms. The van der Waals surface area contributed by atoms with Crippen molar-refractivity contribution in [3.63, 3.8) is 0 Å². The van der Waals surface area contributed by atoms with Crippen molar-refractivity contribution in [2.24, 2.45) is 0 Å². The summed E-state index contributed by atoms with van der Waals surface area (Å²) in [5, 5.41) is 6.78. The Morgan fingerprint density at radius 3 is 2.52 bits per heavy atom. The number of nitrogens with zero attached hydrogens (tertiary/aromatic N) is 1. The van der Waals surface area contributed by atoms with E-state index in [9.17, 15) is 9.18 Å². The molecule has 0 saturated carbocycles. The average molecular weight is 422 g/mol. The third-order valence-electron chi connectivity index (χ3n) is 5.62. The largest absolute Gasteiger partial charge is 0.351 e. The van der Waals surface area contributed by atoms with Gasteiger partial charge in [-0.2, -0.15) is 0 Å². The van der Waals surface area contributed by atoms with Gasteiger partial charge in [0.25, 0.3) is 5.91 Å². The van der Waals surface area contributed by atoms with Gasteiger partial charge in [-0.3, -0.25) is 4.79 Å². The number of benzene rings is 2. The molecule has 3 rings (SSSR count). The van der Waals surface area contributed by atoms with Crippen LogP contribution in [0.4, 0.5) is 10.1 Å². The highest BCUT2D eigenvalue weighted by atomic mass is 19.1. The first-order valence-corrected chi connectivity index (χ1v) is 11.0. The van der Waals surface area contributed by atoms with Crippen LogP contribution >= 0.6 is 0 Å². The molecule has 1 unspecified atom stereocenters. The minimum atomic E-state index is -0.300. The molecule has 2 N–H and O–H groups in total. The molecule has 31 heavy (non-hydrogen) atoms. The molecule has 0 heterocycles. The van der Waals surface area contributed by atoms with Gasteiger partial charge in [-0.1, -0.05) is 42.0 Å². The maximum atomic E-state index is 13.3. The second-order valence-corrected chi connectivity index (χ2v) is 7.92. The second-order valence-electron chi connectivity index (χ2n) is 7.92. The number of amides is 1. The maximum absolute atomic E-state index is 13.3. The van der Waals surface area contributed by atoms with E-state index in [2.05, 4.69) is 47.9 Å². The van der Waals surface area contributed by atoms with Gasteiger partial charge in [-0.15, -0.1) is 0 Å². The summed E-state index contributed by atoms with van der Waals surface area (Å²) in [5.41, 5.74) is 4.77. The molecule has 5 heteroatoms. The van der Waals surface area contributed by atoms with E-state index < -0.39 is 0 Å². The van der Waals surface area contributed by atoms with Crippen LogP contribution in [0.25, 0.3) is 0 Å². The topological polar surface area (TPSA) is 44.4 Å². The highest BCUT2D eigenvalue weighted by molar-refractivity contribution is 5.97. The SMILES string of the molecule is C/C=C(\Nc1ccc(F)cc1)C(=O)N(CC)C1=CCCC(NCc2ccc(C)cc2)C1. The van der Waals surface area contributed by atoms with Crippen LogP contribution in [0.1, 0.15) is 44.2 Å². The molecule has 0 radical (unpaired) electrons.